The van der Waals surface area contributed by atoms with Crippen molar-refractivity contribution >= 4 is 21.7 Å². The van der Waals surface area contributed by atoms with E-state index in [1.165, 1.54) is 32.1 Å². The Bertz CT molecular complexity index is 534. The maximum Gasteiger partial charge on any atom is 0.152 e. The molecule has 0 amide bonds. The number of carbonyl (C=O) groups excluding carboxylic acids is 1. The molecule has 5 aliphatic rings. The molecule has 1 aliphatic heterocycles. The van der Waals surface area contributed by atoms with Gasteiger partial charge >= 0.3 is 0 Å². The lowest BCUT2D eigenvalue weighted by Crippen LogP contribution is -2.53. The van der Waals surface area contributed by atoms with Gasteiger partial charge in [-0.1, -0.05) is 29.8 Å². The fraction of sp³-hybridized carbons (Fsp3) is 0.947. The van der Waals surface area contributed by atoms with Gasteiger partial charge in [-0.25, -0.2) is 0 Å². The molecule has 0 bridgehead atoms. The van der Waals surface area contributed by atoms with Crippen LogP contribution in [0.25, 0.3) is 0 Å². The first-order valence-corrected chi connectivity index (χ1v) is 10.2. The number of fused-ring (bicyclic) bond motifs is 6. The largest absolute Gasteiger partial charge is 0.370 e. The molecule has 122 valence electrons. The van der Waals surface area contributed by atoms with E-state index in [0.717, 1.165) is 30.6 Å². The van der Waals surface area contributed by atoms with Crippen LogP contribution in [0.15, 0.2) is 0 Å². The first-order chi connectivity index (χ1) is 10.4. The third-order valence-corrected chi connectivity index (χ3v) is 9.40. The third-order valence-electron chi connectivity index (χ3n) is 8.61. The number of epoxide rings is 1. The van der Waals surface area contributed by atoms with Crippen molar-refractivity contribution in [1.82, 2.24) is 0 Å². The quantitative estimate of drug-likeness (QED) is 0.471. The highest BCUT2D eigenvalue weighted by atomic mass is 79.9. The Hall–Kier alpha value is 0.110. The molecule has 0 N–H and O–H groups in total. The van der Waals surface area contributed by atoms with Crippen molar-refractivity contribution in [2.24, 2.45) is 34.5 Å². The van der Waals surface area contributed by atoms with Gasteiger partial charge in [0.05, 0.1) is 17.0 Å². The first-order valence-electron chi connectivity index (χ1n) is 9.27. The Balaban J connectivity index is 1.49. The Labute approximate surface area is 141 Å². The van der Waals surface area contributed by atoms with E-state index in [9.17, 15) is 4.79 Å². The van der Waals surface area contributed by atoms with E-state index < -0.39 is 0 Å². The van der Waals surface area contributed by atoms with Crippen molar-refractivity contribution in [3.63, 3.8) is 0 Å². The van der Waals surface area contributed by atoms with Crippen molar-refractivity contribution in [2.75, 3.05) is 0 Å². The van der Waals surface area contributed by atoms with E-state index in [2.05, 4.69) is 29.8 Å². The predicted octanol–water partition coefficient (Wildman–Crippen LogP) is 4.35. The first kappa shape index (κ1) is 14.5. The molecular formula is C19H27BrO2. The van der Waals surface area contributed by atoms with E-state index in [1.54, 1.807) is 0 Å². The van der Waals surface area contributed by atoms with Gasteiger partial charge in [0.2, 0.25) is 0 Å². The van der Waals surface area contributed by atoms with Crippen LogP contribution < -0.4 is 0 Å². The molecule has 0 aromatic carbocycles. The highest BCUT2D eigenvalue weighted by Crippen LogP contribution is 2.67. The second-order valence-corrected chi connectivity index (χ2v) is 10.4. The number of ether oxygens (including phenoxy) is 1. The number of rotatable bonds is 0. The average Bonchev–Trinajstić information content (AvgIpc) is 3.18. The molecule has 1 saturated heterocycles. The van der Waals surface area contributed by atoms with Crippen LogP contribution in [0.4, 0.5) is 0 Å². The second kappa shape index (κ2) is 4.39. The lowest BCUT2D eigenvalue weighted by Gasteiger charge is -2.58. The summed E-state index contributed by atoms with van der Waals surface area (Å²) in [5.41, 5.74) is 0.446. The summed E-state index contributed by atoms with van der Waals surface area (Å²) in [7, 11) is 0. The van der Waals surface area contributed by atoms with Crippen LogP contribution in [0.2, 0.25) is 0 Å². The van der Waals surface area contributed by atoms with Gasteiger partial charge in [-0.15, -0.1) is 0 Å². The Kier molecular flexibility index (Phi) is 2.88. The predicted molar refractivity (Wildman–Crippen MR) is 88.9 cm³/mol. The number of Topliss-reactive ketones (excluding diaryl/α,β-unsaturated/α-hetero) is 1. The molecule has 0 spiro atoms. The number of halogens is 1. The van der Waals surface area contributed by atoms with Crippen molar-refractivity contribution < 1.29 is 9.53 Å². The smallest absolute Gasteiger partial charge is 0.152 e. The van der Waals surface area contributed by atoms with Gasteiger partial charge in [0.15, 0.2) is 5.78 Å². The van der Waals surface area contributed by atoms with Gasteiger partial charge in [-0.3, -0.25) is 4.79 Å². The molecule has 4 saturated carbocycles. The van der Waals surface area contributed by atoms with Crippen LogP contribution >= 0.6 is 15.9 Å². The van der Waals surface area contributed by atoms with Crippen LogP contribution in [0.1, 0.15) is 58.8 Å². The van der Waals surface area contributed by atoms with Gasteiger partial charge in [0.25, 0.3) is 0 Å². The lowest BCUT2D eigenvalue weighted by atomic mass is 9.45. The van der Waals surface area contributed by atoms with Crippen LogP contribution in [-0.4, -0.2) is 22.8 Å². The van der Waals surface area contributed by atoms with Gasteiger partial charge in [0.1, 0.15) is 0 Å². The molecule has 4 aliphatic carbocycles. The maximum absolute atomic E-state index is 12.7. The molecule has 9 atom stereocenters. The highest BCUT2D eigenvalue weighted by Gasteiger charge is 2.64. The molecule has 0 aromatic rings. The van der Waals surface area contributed by atoms with E-state index >= 15 is 0 Å². The third kappa shape index (κ3) is 1.68. The fourth-order valence-electron chi connectivity index (χ4n) is 7.27. The van der Waals surface area contributed by atoms with E-state index in [0.29, 0.717) is 29.3 Å². The van der Waals surface area contributed by atoms with Crippen LogP contribution in [-0.2, 0) is 9.53 Å². The van der Waals surface area contributed by atoms with Crippen LogP contribution in [0.3, 0.4) is 0 Å². The Morgan fingerprint density at radius 2 is 1.91 bits per heavy atom. The molecule has 5 rings (SSSR count). The van der Waals surface area contributed by atoms with Gasteiger partial charge in [-0.05, 0) is 74.0 Å². The minimum absolute atomic E-state index is 0.0359. The summed E-state index contributed by atoms with van der Waals surface area (Å²) in [6, 6.07) is 0. The Morgan fingerprint density at radius 3 is 2.73 bits per heavy atom. The number of carbonyl (C=O) groups is 1. The summed E-state index contributed by atoms with van der Waals surface area (Å²) in [4.78, 5) is 12.8. The zero-order valence-electron chi connectivity index (χ0n) is 13.7. The minimum Gasteiger partial charge on any atom is -0.370 e. The van der Waals surface area contributed by atoms with E-state index in [4.69, 9.17) is 4.74 Å². The van der Waals surface area contributed by atoms with Gasteiger partial charge < -0.3 is 4.74 Å². The van der Waals surface area contributed by atoms with Crippen LogP contribution in [0, 0.1) is 34.5 Å². The van der Waals surface area contributed by atoms with E-state index in [-0.39, 0.29) is 10.2 Å². The molecule has 1 unspecified atom stereocenters. The summed E-state index contributed by atoms with van der Waals surface area (Å²) in [5, 5.41) is 0. The van der Waals surface area contributed by atoms with Crippen molar-refractivity contribution in [3.05, 3.63) is 0 Å². The molecular weight excluding hydrogens is 340 g/mol. The van der Waals surface area contributed by atoms with Crippen molar-refractivity contribution in [1.29, 1.82) is 0 Å². The summed E-state index contributed by atoms with van der Waals surface area (Å²) in [5.74, 6) is 3.61. The number of hydrogen-bond donors (Lipinski definition) is 0. The van der Waals surface area contributed by atoms with Gasteiger partial charge in [0, 0.05) is 5.41 Å². The zero-order chi connectivity index (χ0) is 15.3. The fourth-order valence-corrected chi connectivity index (χ4v) is 8.19. The Morgan fingerprint density at radius 1 is 1.09 bits per heavy atom. The highest BCUT2D eigenvalue weighted by molar-refractivity contribution is 9.10. The maximum atomic E-state index is 12.7. The average molecular weight is 367 g/mol. The minimum atomic E-state index is -0.0359. The SMILES string of the molecule is C[C@]12C[C@H]3O[C@H]3CC1CC[C@@H]1[C@@H]2CC[C@]2(C)C(=O)[C@H](Br)C[C@@H]12. The molecule has 5 fully saturated rings. The molecule has 3 heteroatoms. The summed E-state index contributed by atoms with van der Waals surface area (Å²) < 4.78 is 5.89. The number of hydrogen-bond acceptors (Lipinski definition) is 2. The number of ketones is 1. The summed E-state index contributed by atoms with van der Waals surface area (Å²) in [6.45, 7) is 4.84. The van der Waals surface area contributed by atoms with Crippen LogP contribution in [0.5, 0.6) is 0 Å². The summed E-state index contributed by atoms with van der Waals surface area (Å²) >= 11 is 3.67. The molecule has 1 heterocycles. The number of alkyl halides is 1. The monoisotopic (exact) mass is 366 g/mol. The van der Waals surface area contributed by atoms with Crippen molar-refractivity contribution in [2.45, 2.75) is 75.8 Å². The summed E-state index contributed by atoms with van der Waals surface area (Å²) in [6.07, 6.45) is 9.98. The topological polar surface area (TPSA) is 29.6 Å². The lowest BCUT2D eigenvalue weighted by molar-refractivity contribution is -0.137. The van der Waals surface area contributed by atoms with Gasteiger partial charge in [-0.2, -0.15) is 0 Å². The molecule has 0 aromatic heterocycles. The zero-order valence-corrected chi connectivity index (χ0v) is 15.3. The molecule has 2 nitrogen and oxygen atoms in total. The van der Waals surface area contributed by atoms with Crippen molar-refractivity contribution in [3.8, 4) is 0 Å². The molecule has 22 heavy (non-hydrogen) atoms. The molecule has 0 radical (unpaired) electrons. The normalized spacial score (nSPS) is 62.7. The second-order valence-electron chi connectivity index (χ2n) is 9.33. The van der Waals surface area contributed by atoms with E-state index in [1.807, 2.05) is 0 Å². The standard InChI is InChI=1S/C19H27BrO2/c1-18-6-5-12-11(13(18)8-14(20)17(18)21)4-3-10-7-15-16(22-15)9-19(10,12)2/h10-16H,3-9H2,1-2H3/t10?,11-,12+,13+,14-,15+,16-,18+,19+/m1/s1.